The minimum Gasteiger partial charge on any atom is -0.388 e. The van der Waals surface area contributed by atoms with Gasteiger partial charge in [0, 0.05) is 25.3 Å². The van der Waals surface area contributed by atoms with Crippen molar-refractivity contribution in [2.45, 2.75) is 19.1 Å². The topological polar surface area (TPSA) is 70.4 Å². The zero-order valence-electron chi connectivity index (χ0n) is 17.6. The molecule has 32 heavy (non-hydrogen) atoms. The SMILES string of the molecule is CC1(O)CN(Cc2ccc(Nc3nc4ccc(F)cc4c(=O)n3-c3ccccc3)cc2)C1. The van der Waals surface area contributed by atoms with E-state index in [2.05, 4.69) is 15.2 Å². The Morgan fingerprint density at radius 2 is 1.78 bits per heavy atom. The van der Waals surface area contributed by atoms with Crippen LogP contribution in [0.4, 0.5) is 16.0 Å². The Hall–Kier alpha value is -3.55. The van der Waals surface area contributed by atoms with Crippen molar-refractivity contribution in [2.24, 2.45) is 0 Å². The minimum atomic E-state index is -0.590. The summed E-state index contributed by atoms with van der Waals surface area (Å²) < 4.78 is 15.2. The fourth-order valence-electron chi connectivity index (χ4n) is 4.17. The molecule has 3 aromatic carbocycles. The number of para-hydroxylation sites is 1. The van der Waals surface area contributed by atoms with E-state index in [-0.39, 0.29) is 10.9 Å². The van der Waals surface area contributed by atoms with Gasteiger partial charge in [0.15, 0.2) is 0 Å². The summed E-state index contributed by atoms with van der Waals surface area (Å²) in [5.41, 5.74) is 2.04. The van der Waals surface area contributed by atoms with Gasteiger partial charge in [-0.15, -0.1) is 0 Å². The van der Waals surface area contributed by atoms with Crippen LogP contribution >= 0.6 is 0 Å². The van der Waals surface area contributed by atoms with Gasteiger partial charge in [0.1, 0.15) is 5.82 Å². The first-order chi connectivity index (χ1) is 15.4. The minimum absolute atomic E-state index is 0.222. The van der Waals surface area contributed by atoms with Crippen LogP contribution in [0, 0.1) is 5.82 Å². The summed E-state index contributed by atoms with van der Waals surface area (Å²) >= 11 is 0. The molecule has 5 rings (SSSR count). The molecule has 1 aromatic heterocycles. The summed E-state index contributed by atoms with van der Waals surface area (Å²) in [6.45, 7) is 3.94. The maximum absolute atomic E-state index is 13.8. The molecule has 0 unspecified atom stereocenters. The van der Waals surface area contributed by atoms with Gasteiger partial charge in [-0.2, -0.15) is 0 Å². The normalized spacial score (nSPS) is 15.5. The van der Waals surface area contributed by atoms with Gasteiger partial charge in [0.05, 0.1) is 22.2 Å². The number of aliphatic hydroxyl groups is 1. The number of hydrogen-bond acceptors (Lipinski definition) is 5. The van der Waals surface area contributed by atoms with E-state index in [1.54, 1.807) is 0 Å². The first-order valence-electron chi connectivity index (χ1n) is 10.5. The lowest BCUT2D eigenvalue weighted by Crippen LogP contribution is -2.59. The second-order valence-corrected chi connectivity index (χ2v) is 8.54. The molecule has 0 atom stereocenters. The van der Waals surface area contributed by atoms with Crippen LogP contribution in [0.3, 0.4) is 0 Å². The first-order valence-corrected chi connectivity index (χ1v) is 10.5. The smallest absolute Gasteiger partial charge is 0.267 e. The molecule has 162 valence electrons. The molecule has 0 aliphatic carbocycles. The Balaban J connectivity index is 1.48. The lowest BCUT2D eigenvalue weighted by Gasteiger charge is -2.44. The van der Waals surface area contributed by atoms with Crippen LogP contribution in [-0.4, -0.2) is 38.2 Å². The highest BCUT2D eigenvalue weighted by molar-refractivity contribution is 5.80. The molecule has 7 heteroatoms. The van der Waals surface area contributed by atoms with Gasteiger partial charge in [0.2, 0.25) is 5.95 Å². The molecule has 0 radical (unpaired) electrons. The van der Waals surface area contributed by atoms with Crippen molar-refractivity contribution in [1.82, 2.24) is 14.5 Å². The third-order valence-corrected chi connectivity index (χ3v) is 5.59. The molecule has 1 aliphatic rings. The number of likely N-dealkylation sites (tertiary alicyclic amines) is 1. The Kier molecular flexibility index (Phi) is 5.00. The van der Waals surface area contributed by atoms with Gasteiger partial charge in [-0.05, 0) is 55.0 Å². The number of anilines is 2. The molecular formula is C25H23FN4O2. The zero-order valence-corrected chi connectivity index (χ0v) is 17.6. The number of benzene rings is 3. The maximum Gasteiger partial charge on any atom is 0.267 e. The van der Waals surface area contributed by atoms with Gasteiger partial charge in [-0.3, -0.25) is 9.69 Å². The van der Waals surface area contributed by atoms with Crippen molar-refractivity contribution in [3.8, 4) is 5.69 Å². The number of hydrogen-bond donors (Lipinski definition) is 2. The highest BCUT2D eigenvalue weighted by Gasteiger charge is 2.35. The number of nitrogens with one attached hydrogen (secondary N) is 1. The van der Waals surface area contributed by atoms with Crippen LogP contribution in [0.5, 0.6) is 0 Å². The van der Waals surface area contributed by atoms with Crippen LogP contribution < -0.4 is 10.9 Å². The predicted molar refractivity (Wildman–Crippen MR) is 123 cm³/mol. The molecule has 2 heterocycles. The molecule has 0 saturated carbocycles. The standard InChI is InChI=1S/C25H23FN4O2/c1-25(32)15-29(16-25)14-17-7-10-19(11-8-17)27-24-28-22-12-9-18(26)13-21(22)23(31)30(24)20-5-3-2-4-6-20/h2-13,32H,14-16H2,1H3,(H,27,28). The summed E-state index contributed by atoms with van der Waals surface area (Å²) in [6.07, 6.45) is 0. The van der Waals surface area contributed by atoms with Gasteiger partial charge in [0.25, 0.3) is 5.56 Å². The van der Waals surface area contributed by atoms with Crippen molar-refractivity contribution in [2.75, 3.05) is 18.4 Å². The summed E-state index contributed by atoms with van der Waals surface area (Å²) in [7, 11) is 0. The van der Waals surface area contributed by atoms with E-state index in [0.29, 0.717) is 30.2 Å². The molecule has 4 aromatic rings. The van der Waals surface area contributed by atoms with Crippen molar-refractivity contribution < 1.29 is 9.50 Å². The summed E-state index contributed by atoms with van der Waals surface area (Å²) in [5.74, 6) is -0.122. The quantitative estimate of drug-likeness (QED) is 0.504. The third kappa shape index (κ3) is 4.00. The molecule has 0 spiro atoms. The number of β-amino-alcohol motifs (C(OH)–C–C–N with tert-alkyl or cyclic N) is 1. The lowest BCUT2D eigenvalue weighted by molar-refractivity contribution is -0.0871. The van der Waals surface area contributed by atoms with E-state index in [1.807, 2.05) is 61.5 Å². The largest absolute Gasteiger partial charge is 0.388 e. The van der Waals surface area contributed by atoms with E-state index in [9.17, 15) is 14.3 Å². The summed E-state index contributed by atoms with van der Waals surface area (Å²) in [6, 6.07) is 21.1. The second-order valence-electron chi connectivity index (χ2n) is 8.54. The average Bonchev–Trinajstić information content (AvgIpc) is 2.75. The Labute approximate surface area is 184 Å². The van der Waals surface area contributed by atoms with Gasteiger partial charge in [-0.25, -0.2) is 13.9 Å². The van der Waals surface area contributed by atoms with Gasteiger partial charge >= 0.3 is 0 Å². The third-order valence-electron chi connectivity index (χ3n) is 5.59. The van der Waals surface area contributed by atoms with E-state index in [1.165, 1.54) is 22.8 Å². The fraction of sp³-hybridized carbons (Fsp3) is 0.200. The number of aromatic nitrogens is 2. The predicted octanol–water partition coefficient (Wildman–Crippen LogP) is 3.84. The fourth-order valence-corrected chi connectivity index (χ4v) is 4.17. The first kappa shape index (κ1) is 20.4. The Morgan fingerprint density at radius 1 is 1.06 bits per heavy atom. The van der Waals surface area contributed by atoms with Crippen molar-refractivity contribution in [1.29, 1.82) is 0 Å². The average molecular weight is 430 g/mol. The number of rotatable bonds is 5. The van der Waals surface area contributed by atoms with Crippen LogP contribution in [0.25, 0.3) is 16.6 Å². The molecule has 1 saturated heterocycles. The highest BCUT2D eigenvalue weighted by Crippen LogP contribution is 2.24. The summed E-state index contributed by atoms with van der Waals surface area (Å²) in [4.78, 5) is 20.0. The van der Waals surface area contributed by atoms with Gasteiger partial charge < -0.3 is 10.4 Å². The molecular weight excluding hydrogens is 407 g/mol. The van der Waals surface area contributed by atoms with E-state index in [4.69, 9.17) is 0 Å². The van der Waals surface area contributed by atoms with E-state index < -0.39 is 11.4 Å². The van der Waals surface area contributed by atoms with Crippen LogP contribution in [-0.2, 0) is 6.54 Å². The van der Waals surface area contributed by atoms with Crippen molar-refractivity contribution in [3.05, 3.63) is 94.5 Å². The molecule has 0 bridgehead atoms. The zero-order chi connectivity index (χ0) is 22.3. The van der Waals surface area contributed by atoms with Crippen molar-refractivity contribution in [3.63, 3.8) is 0 Å². The molecule has 2 N–H and O–H groups in total. The van der Waals surface area contributed by atoms with Crippen LogP contribution in [0.1, 0.15) is 12.5 Å². The molecule has 1 fully saturated rings. The Bertz CT molecular complexity index is 1330. The summed E-state index contributed by atoms with van der Waals surface area (Å²) in [5, 5.41) is 13.4. The monoisotopic (exact) mass is 430 g/mol. The molecule has 6 nitrogen and oxygen atoms in total. The molecule has 1 aliphatic heterocycles. The van der Waals surface area contributed by atoms with Crippen LogP contribution in [0.15, 0.2) is 77.6 Å². The highest BCUT2D eigenvalue weighted by atomic mass is 19.1. The number of fused-ring (bicyclic) bond motifs is 1. The van der Waals surface area contributed by atoms with Crippen molar-refractivity contribution >= 4 is 22.5 Å². The Morgan fingerprint density at radius 3 is 2.47 bits per heavy atom. The molecule has 0 amide bonds. The van der Waals surface area contributed by atoms with E-state index in [0.717, 1.165) is 17.8 Å². The van der Waals surface area contributed by atoms with Gasteiger partial charge in [-0.1, -0.05) is 30.3 Å². The number of nitrogens with zero attached hydrogens (tertiary/aromatic N) is 3. The van der Waals surface area contributed by atoms with Crippen LogP contribution in [0.2, 0.25) is 0 Å². The second kappa shape index (κ2) is 7.85. The van der Waals surface area contributed by atoms with E-state index >= 15 is 0 Å². The lowest BCUT2D eigenvalue weighted by atomic mass is 9.96. The number of halogens is 1. The maximum atomic E-state index is 13.8.